The highest BCUT2D eigenvalue weighted by molar-refractivity contribution is 6.21. The number of benzene rings is 2. The second-order valence-electron chi connectivity index (χ2n) is 6.98. The second-order valence-corrected chi connectivity index (χ2v) is 6.98. The van der Waals surface area contributed by atoms with Crippen molar-refractivity contribution >= 4 is 33.9 Å². The maximum Gasteiger partial charge on any atom is 0.342 e. The van der Waals surface area contributed by atoms with Crippen molar-refractivity contribution in [1.29, 1.82) is 0 Å². The predicted octanol–water partition coefficient (Wildman–Crippen LogP) is 5.14. The number of ether oxygens (including phenoxy) is 1. The van der Waals surface area contributed by atoms with E-state index in [1.165, 1.54) is 12.8 Å². The molecule has 0 bridgehead atoms. The molecule has 1 saturated carbocycles. The third kappa shape index (κ3) is 2.97. The van der Waals surface area contributed by atoms with Gasteiger partial charge >= 0.3 is 5.97 Å². The van der Waals surface area contributed by atoms with Crippen LogP contribution in [0.15, 0.2) is 33.7 Å². The third-order valence-electron chi connectivity index (χ3n) is 5.25. The fraction of sp³-hybridized carbons (Fsp3) is 0.364. The van der Waals surface area contributed by atoms with E-state index < -0.39 is 5.97 Å². The van der Waals surface area contributed by atoms with Crippen LogP contribution in [0, 0.1) is 6.92 Å². The number of fused-ring (bicyclic) bond motifs is 3. The van der Waals surface area contributed by atoms with Gasteiger partial charge in [0, 0.05) is 34.0 Å². The van der Waals surface area contributed by atoms with Crippen LogP contribution in [0.3, 0.4) is 0 Å². The normalized spacial score (nSPS) is 15.3. The Morgan fingerprint density at radius 3 is 2.70 bits per heavy atom. The molecule has 0 spiro atoms. The van der Waals surface area contributed by atoms with Crippen LogP contribution in [0.4, 0.5) is 0 Å². The number of carbonyl (C=O) groups is 1. The molecule has 0 atom stereocenters. The van der Waals surface area contributed by atoms with E-state index in [2.05, 4.69) is 4.99 Å². The summed E-state index contributed by atoms with van der Waals surface area (Å²) in [6, 6.07) is 7.75. The molecule has 1 N–H and O–H groups in total. The maximum atomic E-state index is 12.6. The average molecular weight is 365 g/mol. The average Bonchev–Trinajstić information content (AvgIpc) is 3.29. The van der Waals surface area contributed by atoms with Crippen LogP contribution in [-0.2, 0) is 4.74 Å². The molecule has 1 aliphatic carbocycles. The minimum Gasteiger partial charge on any atom is -0.507 e. The summed E-state index contributed by atoms with van der Waals surface area (Å²) < 4.78 is 11.2. The summed E-state index contributed by atoms with van der Waals surface area (Å²) in [6.45, 7) is 3.79. The van der Waals surface area contributed by atoms with Crippen LogP contribution in [0.1, 0.15) is 54.3 Å². The number of phenolic OH excluding ortho intramolecular Hbond substituents is 1. The van der Waals surface area contributed by atoms with Gasteiger partial charge in [-0.3, -0.25) is 4.99 Å². The Labute approximate surface area is 157 Å². The van der Waals surface area contributed by atoms with Gasteiger partial charge in [0.2, 0.25) is 0 Å². The standard InChI is InChI=1S/C22H23NO4/c1-3-26-22(25)18-13(2)27-21-16-11-7-6-10-15(16)20(24)17(19(18)21)12-23-14-8-4-5-9-14/h6-7,10-12,14,24H,3-5,8-9H2,1-2H3. The van der Waals surface area contributed by atoms with Crippen molar-refractivity contribution in [3.8, 4) is 5.75 Å². The van der Waals surface area contributed by atoms with E-state index >= 15 is 0 Å². The van der Waals surface area contributed by atoms with E-state index in [4.69, 9.17) is 9.15 Å². The summed E-state index contributed by atoms with van der Waals surface area (Å²) >= 11 is 0. The van der Waals surface area contributed by atoms with Gasteiger partial charge in [-0.05, 0) is 26.7 Å². The van der Waals surface area contributed by atoms with Crippen molar-refractivity contribution in [3.63, 3.8) is 0 Å². The van der Waals surface area contributed by atoms with Crippen LogP contribution in [-0.4, -0.2) is 29.9 Å². The summed E-state index contributed by atoms with van der Waals surface area (Å²) in [7, 11) is 0. The lowest BCUT2D eigenvalue weighted by atomic mass is 9.98. The molecule has 2 aromatic carbocycles. The lowest BCUT2D eigenvalue weighted by Gasteiger charge is -2.09. The fourth-order valence-corrected chi connectivity index (χ4v) is 3.95. The molecule has 5 heteroatoms. The Hall–Kier alpha value is -2.82. The van der Waals surface area contributed by atoms with Crippen LogP contribution in [0.25, 0.3) is 21.7 Å². The van der Waals surface area contributed by atoms with Gasteiger partial charge in [0.05, 0.1) is 6.61 Å². The van der Waals surface area contributed by atoms with Crippen molar-refractivity contribution in [2.24, 2.45) is 4.99 Å². The predicted molar refractivity (Wildman–Crippen MR) is 106 cm³/mol. The first-order valence-corrected chi connectivity index (χ1v) is 9.48. The van der Waals surface area contributed by atoms with Crippen molar-refractivity contribution in [2.45, 2.75) is 45.6 Å². The number of aryl methyl sites for hydroxylation is 1. The van der Waals surface area contributed by atoms with Crippen LogP contribution in [0.5, 0.6) is 5.75 Å². The van der Waals surface area contributed by atoms with Crippen molar-refractivity contribution in [3.05, 3.63) is 41.2 Å². The summed E-state index contributed by atoms with van der Waals surface area (Å²) in [5.41, 5.74) is 1.47. The number of hydrogen-bond acceptors (Lipinski definition) is 5. The smallest absolute Gasteiger partial charge is 0.342 e. The number of aromatic hydroxyl groups is 1. The van der Waals surface area contributed by atoms with E-state index in [0.717, 1.165) is 18.2 Å². The summed E-state index contributed by atoms with van der Waals surface area (Å²) in [5, 5.41) is 13.0. The molecule has 1 aromatic heterocycles. The Morgan fingerprint density at radius 1 is 1.30 bits per heavy atom. The summed E-state index contributed by atoms with van der Waals surface area (Å²) in [4.78, 5) is 17.3. The topological polar surface area (TPSA) is 72.0 Å². The lowest BCUT2D eigenvalue weighted by molar-refractivity contribution is 0.0526. The summed E-state index contributed by atoms with van der Waals surface area (Å²) in [6.07, 6.45) is 6.18. The highest BCUT2D eigenvalue weighted by Gasteiger charge is 2.26. The highest BCUT2D eigenvalue weighted by atomic mass is 16.5. The molecule has 1 fully saturated rings. The molecule has 3 aromatic rings. The fourth-order valence-electron chi connectivity index (χ4n) is 3.95. The Kier molecular flexibility index (Phi) is 4.60. The molecule has 4 rings (SSSR count). The Morgan fingerprint density at radius 2 is 2.00 bits per heavy atom. The molecule has 140 valence electrons. The minimum atomic E-state index is -0.445. The minimum absolute atomic E-state index is 0.117. The van der Waals surface area contributed by atoms with Gasteiger partial charge in [-0.2, -0.15) is 0 Å². The zero-order chi connectivity index (χ0) is 19.0. The molecule has 5 nitrogen and oxygen atoms in total. The maximum absolute atomic E-state index is 12.6. The number of esters is 1. The Bertz CT molecular complexity index is 1040. The first-order valence-electron chi connectivity index (χ1n) is 9.48. The second kappa shape index (κ2) is 7.06. The molecule has 0 radical (unpaired) electrons. The number of rotatable bonds is 4. The molecule has 0 saturated heterocycles. The zero-order valence-electron chi connectivity index (χ0n) is 15.6. The molecule has 0 aliphatic heterocycles. The Balaban J connectivity index is 2.02. The quantitative estimate of drug-likeness (QED) is 0.513. The number of hydrogen-bond donors (Lipinski definition) is 1. The summed E-state index contributed by atoms with van der Waals surface area (Å²) in [5.74, 6) is 0.153. The van der Waals surface area contributed by atoms with Crippen LogP contribution >= 0.6 is 0 Å². The number of aliphatic imine (C=N–C) groups is 1. The first kappa shape index (κ1) is 17.6. The van der Waals surface area contributed by atoms with Crippen molar-refractivity contribution < 1.29 is 19.1 Å². The largest absolute Gasteiger partial charge is 0.507 e. The van der Waals surface area contributed by atoms with Gasteiger partial charge in [0.25, 0.3) is 0 Å². The molecule has 1 aliphatic rings. The number of phenols is 1. The number of carbonyl (C=O) groups excluding carboxylic acids is 1. The number of nitrogens with zero attached hydrogens (tertiary/aromatic N) is 1. The molecule has 1 heterocycles. The molecule has 0 amide bonds. The van der Waals surface area contributed by atoms with E-state index in [1.807, 2.05) is 24.3 Å². The van der Waals surface area contributed by atoms with E-state index in [-0.39, 0.29) is 18.4 Å². The molecule has 27 heavy (non-hydrogen) atoms. The first-order chi connectivity index (χ1) is 13.1. The van der Waals surface area contributed by atoms with Gasteiger partial charge < -0.3 is 14.3 Å². The van der Waals surface area contributed by atoms with Crippen molar-refractivity contribution in [2.75, 3.05) is 6.61 Å². The van der Waals surface area contributed by atoms with Crippen LogP contribution < -0.4 is 0 Å². The van der Waals surface area contributed by atoms with Gasteiger partial charge in [0.15, 0.2) is 0 Å². The van der Waals surface area contributed by atoms with Gasteiger partial charge in [-0.15, -0.1) is 0 Å². The molecular weight excluding hydrogens is 342 g/mol. The van der Waals surface area contributed by atoms with Gasteiger partial charge in [-0.25, -0.2) is 4.79 Å². The lowest BCUT2D eigenvalue weighted by Crippen LogP contribution is -2.06. The zero-order valence-corrected chi connectivity index (χ0v) is 15.6. The highest BCUT2D eigenvalue weighted by Crippen LogP contribution is 2.41. The molecule has 0 unspecified atom stereocenters. The van der Waals surface area contributed by atoms with E-state index in [0.29, 0.717) is 33.2 Å². The third-order valence-corrected chi connectivity index (χ3v) is 5.25. The van der Waals surface area contributed by atoms with Crippen LogP contribution in [0.2, 0.25) is 0 Å². The van der Waals surface area contributed by atoms with Crippen molar-refractivity contribution in [1.82, 2.24) is 0 Å². The molecular formula is C22H23NO4. The monoisotopic (exact) mass is 365 g/mol. The SMILES string of the molecule is CCOC(=O)c1c(C)oc2c1c(C=NC1CCCC1)c(O)c1ccccc12. The number of furan rings is 1. The van der Waals surface area contributed by atoms with E-state index in [1.54, 1.807) is 20.1 Å². The van der Waals surface area contributed by atoms with Gasteiger partial charge in [-0.1, -0.05) is 37.1 Å². The van der Waals surface area contributed by atoms with E-state index in [9.17, 15) is 9.90 Å². The van der Waals surface area contributed by atoms with Gasteiger partial charge in [0.1, 0.15) is 22.7 Å².